The van der Waals surface area contributed by atoms with Gasteiger partial charge >= 0.3 is 5.97 Å². The zero-order valence-corrected chi connectivity index (χ0v) is 13.0. The Kier molecular flexibility index (Phi) is 4.44. The summed E-state index contributed by atoms with van der Waals surface area (Å²) in [5.41, 5.74) is 8.52. The van der Waals surface area contributed by atoms with Crippen LogP contribution in [0, 0.1) is 0 Å². The topological polar surface area (TPSA) is 70.1 Å². The Balaban J connectivity index is 2.04. The highest BCUT2D eigenvalue weighted by atomic mass is 79.9. The van der Waals surface area contributed by atoms with Gasteiger partial charge in [-0.25, -0.2) is 4.79 Å². The number of halogens is 1. The van der Waals surface area contributed by atoms with Crippen molar-refractivity contribution in [1.29, 1.82) is 0 Å². The number of anilines is 1. The first-order valence-electron chi connectivity index (χ1n) is 6.25. The zero-order valence-electron chi connectivity index (χ0n) is 11.4. The van der Waals surface area contributed by atoms with Gasteiger partial charge in [0.1, 0.15) is 6.61 Å². The molecule has 0 aliphatic heterocycles. The van der Waals surface area contributed by atoms with E-state index in [0.29, 0.717) is 11.3 Å². The van der Waals surface area contributed by atoms with Gasteiger partial charge in [0, 0.05) is 17.2 Å². The minimum Gasteiger partial charge on any atom is -0.456 e. The van der Waals surface area contributed by atoms with Gasteiger partial charge in [0.2, 0.25) is 0 Å². The predicted molar refractivity (Wildman–Crippen MR) is 80.3 cm³/mol. The van der Waals surface area contributed by atoms with Gasteiger partial charge in [-0.15, -0.1) is 0 Å². The third kappa shape index (κ3) is 3.19. The molecule has 1 heterocycles. The molecule has 106 valence electrons. The Bertz CT molecular complexity index is 637. The first-order valence-corrected chi connectivity index (χ1v) is 7.04. The maximum Gasteiger partial charge on any atom is 0.338 e. The quantitative estimate of drug-likeness (QED) is 0.687. The van der Waals surface area contributed by atoms with Crippen LogP contribution >= 0.6 is 15.9 Å². The van der Waals surface area contributed by atoms with E-state index in [-0.39, 0.29) is 6.61 Å². The molecule has 0 saturated carbocycles. The number of nitrogens with two attached hydrogens (primary N) is 1. The summed E-state index contributed by atoms with van der Waals surface area (Å²) < 4.78 is 7.76. The van der Waals surface area contributed by atoms with Crippen molar-refractivity contribution >= 4 is 27.6 Å². The minimum absolute atomic E-state index is 0.193. The Morgan fingerprint density at radius 1 is 1.45 bits per heavy atom. The molecule has 0 aliphatic carbocycles. The molecule has 2 aromatic rings. The first kappa shape index (κ1) is 14.6. The van der Waals surface area contributed by atoms with Gasteiger partial charge < -0.3 is 10.5 Å². The standard InChI is InChI=1S/C14H16BrN3O2/c1-3-10-7-11(18(2)17-10)8-20-14(19)9-4-5-12(15)13(16)6-9/h4-7H,3,8,16H2,1-2H3. The van der Waals surface area contributed by atoms with Gasteiger partial charge in [0.25, 0.3) is 0 Å². The summed E-state index contributed by atoms with van der Waals surface area (Å²) in [6, 6.07) is 6.92. The number of aromatic nitrogens is 2. The molecule has 0 saturated heterocycles. The largest absolute Gasteiger partial charge is 0.456 e. The maximum atomic E-state index is 11.9. The van der Waals surface area contributed by atoms with Gasteiger partial charge in [-0.05, 0) is 46.6 Å². The van der Waals surface area contributed by atoms with E-state index in [1.165, 1.54) is 0 Å². The van der Waals surface area contributed by atoms with Crippen LogP contribution in [0.2, 0.25) is 0 Å². The average Bonchev–Trinajstić information content (AvgIpc) is 2.79. The van der Waals surface area contributed by atoms with Crippen molar-refractivity contribution < 1.29 is 9.53 Å². The normalized spacial score (nSPS) is 10.6. The van der Waals surface area contributed by atoms with Crippen LogP contribution in [0.15, 0.2) is 28.7 Å². The number of esters is 1. The van der Waals surface area contributed by atoms with E-state index < -0.39 is 5.97 Å². The summed E-state index contributed by atoms with van der Waals surface area (Å²) in [5, 5.41) is 4.30. The van der Waals surface area contributed by atoms with Crippen LogP contribution in [-0.4, -0.2) is 15.7 Å². The molecule has 2 rings (SSSR count). The molecule has 1 aromatic heterocycles. The highest BCUT2D eigenvalue weighted by molar-refractivity contribution is 9.10. The number of aryl methyl sites for hydroxylation is 2. The second kappa shape index (κ2) is 6.09. The number of carbonyl (C=O) groups is 1. The third-order valence-corrected chi connectivity index (χ3v) is 3.69. The number of nitrogens with zero attached hydrogens (tertiary/aromatic N) is 2. The lowest BCUT2D eigenvalue weighted by atomic mass is 10.2. The summed E-state index contributed by atoms with van der Waals surface area (Å²) in [7, 11) is 1.83. The average molecular weight is 338 g/mol. The van der Waals surface area contributed by atoms with Gasteiger partial charge in [-0.3, -0.25) is 4.68 Å². The van der Waals surface area contributed by atoms with Gasteiger partial charge in [0.15, 0.2) is 0 Å². The molecule has 0 unspecified atom stereocenters. The summed E-state index contributed by atoms with van der Waals surface area (Å²) >= 11 is 3.29. The summed E-state index contributed by atoms with van der Waals surface area (Å²) in [4.78, 5) is 11.9. The lowest BCUT2D eigenvalue weighted by Gasteiger charge is -2.06. The molecule has 20 heavy (non-hydrogen) atoms. The fourth-order valence-electron chi connectivity index (χ4n) is 1.77. The lowest BCUT2D eigenvalue weighted by molar-refractivity contribution is 0.0463. The molecule has 0 bridgehead atoms. The molecule has 0 spiro atoms. The molecular weight excluding hydrogens is 322 g/mol. The molecule has 6 heteroatoms. The minimum atomic E-state index is -0.400. The van der Waals surface area contributed by atoms with Crippen molar-refractivity contribution in [2.75, 3.05) is 5.73 Å². The summed E-state index contributed by atoms with van der Waals surface area (Å²) in [5.74, 6) is -0.400. The van der Waals surface area contributed by atoms with Gasteiger partial charge in [-0.2, -0.15) is 5.10 Å². The van der Waals surface area contributed by atoms with E-state index in [0.717, 1.165) is 22.3 Å². The summed E-state index contributed by atoms with van der Waals surface area (Å²) in [6.45, 7) is 2.22. The van der Waals surface area contributed by atoms with Crippen LogP contribution in [-0.2, 0) is 24.8 Å². The number of hydrogen-bond acceptors (Lipinski definition) is 4. The molecular formula is C14H16BrN3O2. The SMILES string of the molecule is CCc1cc(COC(=O)c2ccc(Br)c(N)c2)n(C)n1. The monoisotopic (exact) mass is 337 g/mol. The molecule has 2 N–H and O–H groups in total. The maximum absolute atomic E-state index is 11.9. The zero-order chi connectivity index (χ0) is 14.7. The van der Waals surface area contributed by atoms with Crippen molar-refractivity contribution in [2.45, 2.75) is 20.0 Å². The molecule has 0 fully saturated rings. The van der Waals surface area contributed by atoms with Crippen LogP contribution in [0.4, 0.5) is 5.69 Å². The summed E-state index contributed by atoms with van der Waals surface area (Å²) in [6.07, 6.45) is 0.852. The molecule has 0 amide bonds. The number of ether oxygens (including phenoxy) is 1. The van der Waals surface area contributed by atoms with Crippen LogP contribution in [0.1, 0.15) is 28.7 Å². The van der Waals surface area contributed by atoms with Gasteiger partial charge in [0.05, 0.1) is 17.0 Å². The van der Waals surface area contributed by atoms with Crippen molar-refractivity contribution in [3.63, 3.8) is 0 Å². The van der Waals surface area contributed by atoms with E-state index in [9.17, 15) is 4.79 Å². The van der Waals surface area contributed by atoms with E-state index in [2.05, 4.69) is 21.0 Å². The highest BCUT2D eigenvalue weighted by Gasteiger charge is 2.11. The number of nitrogen functional groups attached to an aromatic ring is 1. The van der Waals surface area contributed by atoms with Crippen molar-refractivity contribution in [2.24, 2.45) is 7.05 Å². The molecule has 0 aliphatic rings. The van der Waals surface area contributed by atoms with Gasteiger partial charge in [-0.1, -0.05) is 6.92 Å². The third-order valence-electron chi connectivity index (χ3n) is 2.97. The van der Waals surface area contributed by atoms with Crippen LogP contribution < -0.4 is 5.73 Å². The number of rotatable bonds is 4. The molecule has 1 aromatic carbocycles. The van der Waals surface area contributed by atoms with E-state index in [4.69, 9.17) is 10.5 Å². The Morgan fingerprint density at radius 2 is 2.20 bits per heavy atom. The van der Waals surface area contributed by atoms with Crippen molar-refractivity contribution in [1.82, 2.24) is 9.78 Å². The van der Waals surface area contributed by atoms with Crippen LogP contribution in [0.25, 0.3) is 0 Å². The predicted octanol–water partition coefficient (Wildman–Crippen LogP) is 2.68. The number of benzene rings is 1. The Morgan fingerprint density at radius 3 is 2.80 bits per heavy atom. The fourth-order valence-corrected chi connectivity index (χ4v) is 2.02. The fraction of sp³-hybridized carbons (Fsp3) is 0.286. The van der Waals surface area contributed by atoms with Crippen molar-refractivity contribution in [3.8, 4) is 0 Å². The molecule has 5 nitrogen and oxygen atoms in total. The lowest BCUT2D eigenvalue weighted by Crippen LogP contribution is -2.08. The second-order valence-electron chi connectivity index (χ2n) is 4.42. The number of hydrogen-bond donors (Lipinski definition) is 1. The highest BCUT2D eigenvalue weighted by Crippen LogP contribution is 2.20. The Labute approximate surface area is 125 Å². The molecule has 0 atom stereocenters. The smallest absolute Gasteiger partial charge is 0.338 e. The second-order valence-corrected chi connectivity index (χ2v) is 5.27. The van der Waals surface area contributed by atoms with Crippen LogP contribution in [0.5, 0.6) is 0 Å². The van der Waals surface area contributed by atoms with Crippen LogP contribution in [0.3, 0.4) is 0 Å². The van der Waals surface area contributed by atoms with Crippen molar-refractivity contribution in [3.05, 3.63) is 45.7 Å². The number of carbonyl (C=O) groups excluding carboxylic acids is 1. The van der Waals surface area contributed by atoms with E-state index in [1.54, 1.807) is 22.9 Å². The Hall–Kier alpha value is -1.82. The first-order chi connectivity index (χ1) is 9.51. The van der Waals surface area contributed by atoms with E-state index in [1.807, 2.05) is 20.0 Å². The molecule has 0 radical (unpaired) electrons. The van der Waals surface area contributed by atoms with E-state index >= 15 is 0 Å².